The largest absolute Gasteiger partial charge is 0.465 e. The number of hydrogen-bond acceptors (Lipinski definition) is 4. The third kappa shape index (κ3) is 6.71. The highest BCUT2D eigenvalue weighted by Crippen LogP contribution is 2.16. The van der Waals surface area contributed by atoms with E-state index in [1.165, 1.54) is 0 Å². The molecular weight excluding hydrogens is 328 g/mol. The van der Waals surface area contributed by atoms with Crippen molar-refractivity contribution in [3.63, 3.8) is 0 Å². The minimum atomic E-state index is -0.374. The molecule has 138 valence electrons. The molecule has 0 amide bonds. The molecule has 4 heteroatoms. The van der Waals surface area contributed by atoms with Crippen molar-refractivity contribution >= 4 is 11.9 Å². The van der Waals surface area contributed by atoms with Crippen molar-refractivity contribution in [2.45, 2.75) is 38.5 Å². The number of esters is 2. The second kappa shape index (κ2) is 10.4. The highest BCUT2D eigenvalue weighted by Gasteiger charge is 2.13. The lowest BCUT2D eigenvalue weighted by Crippen LogP contribution is -2.15. The molecule has 0 aliphatic carbocycles. The molecule has 0 aliphatic heterocycles. The second-order valence-corrected chi connectivity index (χ2v) is 6.49. The van der Waals surface area contributed by atoms with Crippen molar-refractivity contribution in [3.05, 3.63) is 71.8 Å². The van der Waals surface area contributed by atoms with Crippen molar-refractivity contribution in [3.8, 4) is 0 Å². The van der Waals surface area contributed by atoms with Gasteiger partial charge in [-0.1, -0.05) is 74.5 Å². The molecule has 0 unspecified atom stereocenters. The van der Waals surface area contributed by atoms with Gasteiger partial charge in [-0.25, -0.2) is 0 Å². The fourth-order valence-corrected chi connectivity index (χ4v) is 2.54. The fourth-order valence-electron chi connectivity index (χ4n) is 2.54. The van der Waals surface area contributed by atoms with Crippen molar-refractivity contribution in [2.75, 3.05) is 13.2 Å². The van der Waals surface area contributed by atoms with Gasteiger partial charge in [-0.05, 0) is 11.1 Å². The van der Waals surface area contributed by atoms with Gasteiger partial charge in [-0.3, -0.25) is 9.59 Å². The molecule has 2 atom stereocenters. The Kier molecular flexibility index (Phi) is 7.87. The third-order valence-corrected chi connectivity index (χ3v) is 4.26. The van der Waals surface area contributed by atoms with Gasteiger partial charge < -0.3 is 9.47 Å². The van der Waals surface area contributed by atoms with Gasteiger partial charge in [0.1, 0.15) is 0 Å². The van der Waals surface area contributed by atoms with Gasteiger partial charge in [-0.2, -0.15) is 0 Å². The van der Waals surface area contributed by atoms with E-state index in [0.29, 0.717) is 13.2 Å². The molecule has 2 aromatic carbocycles. The van der Waals surface area contributed by atoms with Crippen LogP contribution in [-0.4, -0.2) is 25.2 Å². The molecule has 4 nitrogen and oxygen atoms in total. The van der Waals surface area contributed by atoms with Crippen LogP contribution in [0.4, 0.5) is 0 Å². The molecule has 0 spiro atoms. The van der Waals surface area contributed by atoms with E-state index in [9.17, 15) is 9.59 Å². The van der Waals surface area contributed by atoms with Crippen molar-refractivity contribution < 1.29 is 19.1 Å². The Bertz CT molecular complexity index is 620. The predicted octanol–water partition coefficient (Wildman–Crippen LogP) is 4.46. The van der Waals surface area contributed by atoms with E-state index in [0.717, 1.165) is 11.1 Å². The lowest BCUT2D eigenvalue weighted by molar-refractivity contribution is -0.150. The van der Waals surface area contributed by atoms with E-state index in [4.69, 9.17) is 9.47 Å². The minimum absolute atomic E-state index is 0.0417. The summed E-state index contributed by atoms with van der Waals surface area (Å²) in [5.74, 6) is -0.501. The molecule has 0 saturated heterocycles. The molecule has 0 bridgehead atoms. The van der Waals surface area contributed by atoms with E-state index < -0.39 is 0 Å². The quantitative estimate of drug-likeness (QED) is 0.624. The van der Waals surface area contributed by atoms with E-state index in [-0.39, 0.29) is 36.6 Å². The summed E-state index contributed by atoms with van der Waals surface area (Å²) in [6, 6.07) is 19.8. The summed E-state index contributed by atoms with van der Waals surface area (Å²) in [7, 11) is 0. The van der Waals surface area contributed by atoms with E-state index in [1.807, 2.05) is 74.5 Å². The van der Waals surface area contributed by atoms with Gasteiger partial charge in [0.15, 0.2) is 0 Å². The smallest absolute Gasteiger partial charge is 0.306 e. The zero-order valence-corrected chi connectivity index (χ0v) is 15.4. The Balaban J connectivity index is 1.63. The van der Waals surface area contributed by atoms with Gasteiger partial charge in [0.05, 0.1) is 26.1 Å². The zero-order chi connectivity index (χ0) is 18.8. The van der Waals surface area contributed by atoms with Gasteiger partial charge in [0.2, 0.25) is 0 Å². The maximum Gasteiger partial charge on any atom is 0.306 e. The maximum atomic E-state index is 11.8. The van der Waals surface area contributed by atoms with Crippen molar-refractivity contribution in [2.24, 2.45) is 0 Å². The standard InChI is InChI=1S/C22H26O4/c1-17(19-9-5-3-6-10-19)15-25-21(23)13-14-22(24)26-16-18(2)20-11-7-4-8-12-20/h3-12,17-18H,13-16H2,1-2H3/t17-,18-/m0/s1. The average molecular weight is 354 g/mol. The van der Waals surface area contributed by atoms with E-state index >= 15 is 0 Å². The highest BCUT2D eigenvalue weighted by molar-refractivity contribution is 5.77. The lowest BCUT2D eigenvalue weighted by atomic mass is 10.0. The van der Waals surface area contributed by atoms with Crippen LogP contribution in [0.2, 0.25) is 0 Å². The van der Waals surface area contributed by atoms with E-state index in [1.54, 1.807) is 0 Å². The van der Waals surface area contributed by atoms with Crippen LogP contribution in [0.25, 0.3) is 0 Å². The lowest BCUT2D eigenvalue weighted by Gasteiger charge is -2.13. The monoisotopic (exact) mass is 354 g/mol. The summed E-state index contributed by atoms with van der Waals surface area (Å²) in [4.78, 5) is 23.6. The van der Waals surface area contributed by atoms with Gasteiger partial charge in [-0.15, -0.1) is 0 Å². The van der Waals surface area contributed by atoms with Crippen LogP contribution in [0.15, 0.2) is 60.7 Å². The van der Waals surface area contributed by atoms with Gasteiger partial charge >= 0.3 is 11.9 Å². The Morgan fingerprint density at radius 1 is 0.692 bits per heavy atom. The third-order valence-electron chi connectivity index (χ3n) is 4.26. The Hall–Kier alpha value is -2.62. The van der Waals surface area contributed by atoms with Crippen LogP contribution in [0, 0.1) is 0 Å². The molecule has 2 rings (SSSR count). The highest BCUT2D eigenvalue weighted by atomic mass is 16.5. The van der Waals surface area contributed by atoms with Gasteiger partial charge in [0, 0.05) is 11.8 Å². The minimum Gasteiger partial charge on any atom is -0.465 e. The molecule has 26 heavy (non-hydrogen) atoms. The van der Waals surface area contributed by atoms with Crippen molar-refractivity contribution in [1.82, 2.24) is 0 Å². The number of rotatable bonds is 9. The normalized spacial score (nSPS) is 12.8. The van der Waals surface area contributed by atoms with Crippen molar-refractivity contribution in [1.29, 1.82) is 0 Å². The first kappa shape index (κ1) is 19.7. The van der Waals surface area contributed by atoms with Crippen LogP contribution >= 0.6 is 0 Å². The molecule has 0 aromatic heterocycles. The van der Waals surface area contributed by atoms with Crippen LogP contribution < -0.4 is 0 Å². The molecule has 0 heterocycles. The molecule has 0 aliphatic rings. The first-order chi connectivity index (χ1) is 12.6. The number of hydrogen-bond donors (Lipinski definition) is 0. The van der Waals surface area contributed by atoms with Crippen LogP contribution in [0.1, 0.15) is 49.7 Å². The summed E-state index contributed by atoms with van der Waals surface area (Å²) < 4.78 is 10.5. The molecule has 0 radical (unpaired) electrons. The maximum absolute atomic E-state index is 11.8. The Labute approximate surface area is 155 Å². The number of carbonyl (C=O) groups is 2. The summed E-state index contributed by atoms with van der Waals surface area (Å²) in [5, 5.41) is 0. The first-order valence-corrected chi connectivity index (χ1v) is 8.97. The van der Waals surface area contributed by atoms with Crippen LogP contribution in [0.3, 0.4) is 0 Å². The molecule has 0 saturated carbocycles. The van der Waals surface area contributed by atoms with Gasteiger partial charge in [0.25, 0.3) is 0 Å². The molecule has 0 fully saturated rings. The fraction of sp³-hybridized carbons (Fsp3) is 0.364. The number of benzene rings is 2. The molecular formula is C22H26O4. The predicted molar refractivity (Wildman–Crippen MR) is 101 cm³/mol. The summed E-state index contributed by atoms with van der Waals surface area (Å²) in [6.45, 7) is 4.62. The van der Waals surface area contributed by atoms with E-state index in [2.05, 4.69) is 0 Å². The number of carbonyl (C=O) groups excluding carboxylic acids is 2. The average Bonchev–Trinajstić information content (AvgIpc) is 2.69. The zero-order valence-electron chi connectivity index (χ0n) is 15.4. The summed E-state index contributed by atoms with van der Waals surface area (Å²) in [5.41, 5.74) is 2.24. The summed E-state index contributed by atoms with van der Waals surface area (Å²) >= 11 is 0. The molecule has 2 aromatic rings. The SMILES string of the molecule is C[C@@H](COC(=O)CCC(=O)OC[C@H](C)c1ccccc1)c1ccccc1. The summed E-state index contributed by atoms with van der Waals surface area (Å²) in [6.07, 6.45) is 0.0835. The van der Waals surface area contributed by atoms with Crippen LogP contribution in [0.5, 0.6) is 0 Å². The number of ether oxygens (including phenoxy) is 2. The molecule has 0 N–H and O–H groups in total. The van der Waals surface area contributed by atoms with Crippen LogP contribution in [-0.2, 0) is 19.1 Å². The Morgan fingerprint density at radius 2 is 1.04 bits per heavy atom. The second-order valence-electron chi connectivity index (χ2n) is 6.49. The first-order valence-electron chi connectivity index (χ1n) is 8.97. The topological polar surface area (TPSA) is 52.6 Å². The Morgan fingerprint density at radius 3 is 1.38 bits per heavy atom.